The lowest BCUT2D eigenvalue weighted by Gasteiger charge is -2.04. The number of rotatable bonds is 4. The van der Waals surface area contributed by atoms with Gasteiger partial charge in [-0.15, -0.1) is 5.10 Å². The molecule has 0 amide bonds. The fraction of sp³-hybridized carbons (Fsp3) is 0.333. The van der Waals surface area contributed by atoms with Gasteiger partial charge in [0.05, 0.1) is 6.04 Å². The van der Waals surface area contributed by atoms with E-state index in [0.29, 0.717) is 6.04 Å². The van der Waals surface area contributed by atoms with Gasteiger partial charge in [-0.25, -0.2) is 4.68 Å². The molecule has 1 saturated carbocycles. The number of aryl methyl sites for hydroxylation is 1. The first kappa shape index (κ1) is 11.4. The van der Waals surface area contributed by atoms with E-state index >= 15 is 0 Å². The number of carbonyl (C=O) groups is 1. The minimum atomic E-state index is 0.470. The molecule has 0 aliphatic heterocycles. The lowest BCUT2D eigenvalue weighted by Crippen LogP contribution is -1.98. The van der Waals surface area contributed by atoms with Gasteiger partial charge < -0.3 is 0 Å². The second kappa shape index (κ2) is 4.53. The summed E-state index contributed by atoms with van der Waals surface area (Å²) < 4.78 is 1.88. The quantitative estimate of drug-likeness (QED) is 0.789. The van der Waals surface area contributed by atoms with Gasteiger partial charge in [0.25, 0.3) is 0 Å². The molecule has 1 aromatic carbocycles. The van der Waals surface area contributed by atoms with Crippen LogP contribution in [0.15, 0.2) is 28.3 Å². The molecule has 92 valence electrons. The first-order chi connectivity index (χ1) is 8.78. The molecule has 1 heterocycles. The molecule has 1 aromatic heterocycles. The summed E-state index contributed by atoms with van der Waals surface area (Å²) in [5.74, 6) is 0. The standard InChI is InChI=1S/C12H12N4OS/c1-8-6-11(5-2-9(8)7-17)18-12-13-14-15-16(12)10-3-4-10/h2,5-7,10H,3-4H2,1H3. The van der Waals surface area contributed by atoms with Crippen LogP contribution in [0.3, 0.4) is 0 Å². The molecular formula is C12H12N4OS. The molecular weight excluding hydrogens is 248 g/mol. The highest BCUT2D eigenvalue weighted by Gasteiger charge is 2.28. The summed E-state index contributed by atoms with van der Waals surface area (Å²) in [5, 5.41) is 12.6. The van der Waals surface area contributed by atoms with Crippen molar-refractivity contribution in [1.29, 1.82) is 0 Å². The molecule has 5 nitrogen and oxygen atoms in total. The van der Waals surface area contributed by atoms with E-state index in [2.05, 4.69) is 15.5 Å². The SMILES string of the molecule is Cc1cc(Sc2nnnn2C2CC2)ccc1C=O. The maximum atomic E-state index is 10.8. The van der Waals surface area contributed by atoms with E-state index in [1.54, 1.807) is 0 Å². The van der Waals surface area contributed by atoms with Crippen LogP contribution >= 0.6 is 11.8 Å². The molecule has 1 fully saturated rings. The van der Waals surface area contributed by atoms with E-state index in [9.17, 15) is 4.79 Å². The summed E-state index contributed by atoms with van der Waals surface area (Å²) in [5.41, 5.74) is 1.70. The maximum Gasteiger partial charge on any atom is 0.214 e. The molecule has 2 aromatic rings. The number of aromatic nitrogens is 4. The number of benzene rings is 1. The van der Waals surface area contributed by atoms with Gasteiger partial charge in [0.15, 0.2) is 0 Å². The van der Waals surface area contributed by atoms with E-state index in [1.165, 1.54) is 11.8 Å². The van der Waals surface area contributed by atoms with Gasteiger partial charge in [-0.3, -0.25) is 4.79 Å². The minimum absolute atomic E-state index is 0.470. The largest absolute Gasteiger partial charge is 0.298 e. The normalized spacial score (nSPS) is 14.7. The number of carbonyl (C=O) groups excluding carboxylic acids is 1. The Morgan fingerprint density at radius 2 is 2.28 bits per heavy atom. The van der Waals surface area contributed by atoms with Crippen molar-refractivity contribution in [2.45, 2.75) is 35.9 Å². The maximum absolute atomic E-state index is 10.8. The van der Waals surface area contributed by atoms with Crippen LogP contribution in [-0.2, 0) is 0 Å². The van der Waals surface area contributed by atoms with Crippen molar-refractivity contribution >= 4 is 18.0 Å². The number of aldehydes is 1. The van der Waals surface area contributed by atoms with Gasteiger partial charge in [0, 0.05) is 10.5 Å². The van der Waals surface area contributed by atoms with Crippen molar-refractivity contribution in [1.82, 2.24) is 20.2 Å². The van der Waals surface area contributed by atoms with Crippen LogP contribution in [0.4, 0.5) is 0 Å². The van der Waals surface area contributed by atoms with Crippen LogP contribution in [0.25, 0.3) is 0 Å². The van der Waals surface area contributed by atoms with Crippen molar-refractivity contribution in [2.75, 3.05) is 0 Å². The zero-order chi connectivity index (χ0) is 12.5. The number of hydrogen-bond acceptors (Lipinski definition) is 5. The van der Waals surface area contributed by atoms with Crippen LogP contribution in [0.2, 0.25) is 0 Å². The van der Waals surface area contributed by atoms with Crippen LogP contribution in [0, 0.1) is 6.92 Å². The predicted octanol–water partition coefficient (Wildman–Crippen LogP) is 2.28. The summed E-state index contributed by atoms with van der Waals surface area (Å²) >= 11 is 1.53. The molecule has 0 bridgehead atoms. The molecule has 18 heavy (non-hydrogen) atoms. The van der Waals surface area contributed by atoms with Gasteiger partial charge in [-0.2, -0.15) is 0 Å². The smallest absolute Gasteiger partial charge is 0.214 e. The number of hydrogen-bond donors (Lipinski definition) is 0. The van der Waals surface area contributed by atoms with E-state index in [-0.39, 0.29) is 0 Å². The van der Waals surface area contributed by atoms with Gasteiger partial charge in [0.1, 0.15) is 6.29 Å². The molecule has 1 aliphatic rings. The van der Waals surface area contributed by atoms with Crippen molar-refractivity contribution in [2.24, 2.45) is 0 Å². The molecule has 3 rings (SSSR count). The molecule has 0 atom stereocenters. The van der Waals surface area contributed by atoms with E-state index < -0.39 is 0 Å². The van der Waals surface area contributed by atoms with Gasteiger partial charge in [-0.05, 0) is 59.7 Å². The lowest BCUT2D eigenvalue weighted by molar-refractivity contribution is 0.112. The Balaban J connectivity index is 1.85. The first-order valence-corrected chi connectivity index (χ1v) is 6.61. The van der Waals surface area contributed by atoms with Crippen molar-refractivity contribution < 1.29 is 4.79 Å². The van der Waals surface area contributed by atoms with E-state index in [1.807, 2.05) is 29.8 Å². The third-order valence-electron chi connectivity index (χ3n) is 2.93. The monoisotopic (exact) mass is 260 g/mol. The number of tetrazole rings is 1. The van der Waals surface area contributed by atoms with Crippen molar-refractivity contribution in [3.8, 4) is 0 Å². The Hall–Kier alpha value is -1.69. The first-order valence-electron chi connectivity index (χ1n) is 5.79. The van der Waals surface area contributed by atoms with Crippen LogP contribution in [-0.4, -0.2) is 26.5 Å². The minimum Gasteiger partial charge on any atom is -0.298 e. The summed E-state index contributed by atoms with van der Waals surface area (Å²) in [6, 6.07) is 6.21. The van der Waals surface area contributed by atoms with Crippen LogP contribution in [0.5, 0.6) is 0 Å². The molecule has 0 radical (unpaired) electrons. The summed E-state index contributed by atoms with van der Waals surface area (Å²) in [7, 11) is 0. The van der Waals surface area contributed by atoms with Gasteiger partial charge in [0.2, 0.25) is 5.16 Å². The highest BCUT2D eigenvalue weighted by Crippen LogP contribution is 2.38. The highest BCUT2D eigenvalue weighted by atomic mass is 32.2. The Morgan fingerprint density at radius 1 is 1.44 bits per heavy atom. The average molecular weight is 260 g/mol. The van der Waals surface area contributed by atoms with Crippen molar-refractivity contribution in [3.05, 3.63) is 29.3 Å². The fourth-order valence-electron chi connectivity index (χ4n) is 1.75. The molecule has 0 spiro atoms. The summed E-state index contributed by atoms with van der Waals surface area (Å²) in [6.45, 7) is 1.93. The zero-order valence-electron chi connectivity index (χ0n) is 9.91. The van der Waals surface area contributed by atoms with E-state index in [0.717, 1.165) is 40.3 Å². The average Bonchev–Trinajstić information content (AvgIpc) is 3.11. The van der Waals surface area contributed by atoms with Gasteiger partial charge in [-0.1, -0.05) is 6.07 Å². The Labute approximate surface area is 109 Å². The Kier molecular flexibility index (Phi) is 2.87. The van der Waals surface area contributed by atoms with Crippen molar-refractivity contribution in [3.63, 3.8) is 0 Å². The number of nitrogens with zero attached hydrogens (tertiary/aromatic N) is 4. The molecule has 6 heteroatoms. The Morgan fingerprint density at radius 3 is 2.94 bits per heavy atom. The third kappa shape index (κ3) is 2.15. The third-order valence-corrected chi connectivity index (χ3v) is 3.87. The second-order valence-corrected chi connectivity index (χ2v) is 5.42. The molecule has 0 N–H and O–H groups in total. The van der Waals surface area contributed by atoms with Gasteiger partial charge >= 0.3 is 0 Å². The van der Waals surface area contributed by atoms with Crippen LogP contribution < -0.4 is 0 Å². The second-order valence-electron chi connectivity index (χ2n) is 4.38. The van der Waals surface area contributed by atoms with E-state index in [4.69, 9.17) is 0 Å². The lowest BCUT2D eigenvalue weighted by atomic mass is 10.1. The highest BCUT2D eigenvalue weighted by molar-refractivity contribution is 7.99. The summed E-state index contributed by atoms with van der Waals surface area (Å²) in [4.78, 5) is 11.8. The molecule has 0 unspecified atom stereocenters. The molecule has 0 saturated heterocycles. The van der Waals surface area contributed by atoms with Crippen LogP contribution in [0.1, 0.15) is 34.8 Å². The predicted molar refractivity (Wildman–Crippen MR) is 66.8 cm³/mol. The Bertz CT molecular complexity index is 592. The fourth-order valence-corrected chi connectivity index (χ4v) is 2.69. The summed E-state index contributed by atoms with van der Waals surface area (Å²) in [6.07, 6.45) is 3.18. The molecule has 1 aliphatic carbocycles. The zero-order valence-corrected chi connectivity index (χ0v) is 10.7. The topological polar surface area (TPSA) is 60.7 Å².